The second kappa shape index (κ2) is 5.13. The van der Waals surface area contributed by atoms with Crippen molar-refractivity contribution in [1.29, 1.82) is 0 Å². The molecule has 2 nitrogen and oxygen atoms in total. The third kappa shape index (κ3) is 2.43. The zero-order valence-corrected chi connectivity index (χ0v) is 9.65. The minimum absolute atomic E-state index is 0.330. The van der Waals surface area contributed by atoms with E-state index in [4.69, 9.17) is 5.11 Å². The summed E-state index contributed by atoms with van der Waals surface area (Å²) >= 11 is 0. The van der Waals surface area contributed by atoms with Crippen molar-refractivity contribution in [3.05, 3.63) is 12.2 Å². The Morgan fingerprint density at radius 1 is 1.53 bits per heavy atom. The van der Waals surface area contributed by atoms with Crippen LogP contribution < -0.4 is 5.32 Å². The highest BCUT2D eigenvalue weighted by Gasteiger charge is 2.40. The third-order valence-electron chi connectivity index (χ3n) is 4.15. The molecule has 0 aromatic heterocycles. The van der Waals surface area contributed by atoms with Crippen molar-refractivity contribution in [3.8, 4) is 0 Å². The van der Waals surface area contributed by atoms with Crippen LogP contribution >= 0.6 is 0 Å². The van der Waals surface area contributed by atoms with Crippen LogP contribution in [0, 0.1) is 17.8 Å². The first kappa shape index (κ1) is 11.2. The summed E-state index contributed by atoms with van der Waals surface area (Å²) in [6.45, 7) is 3.62. The number of hydrogen-bond donors (Lipinski definition) is 2. The standard InChI is InChI=1S/C13H23NO/c1-2-10(6-7-15)9-14-13-8-11-4-3-5-12(11)13/h3,5,10-15H,2,4,6-9H2,1H3. The largest absolute Gasteiger partial charge is 0.396 e. The van der Waals surface area contributed by atoms with Crippen molar-refractivity contribution in [2.24, 2.45) is 17.8 Å². The van der Waals surface area contributed by atoms with Crippen LogP contribution in [0.1, 0.15) is 32.6 Å². The first-order valence-electron chi connectivity index (χ1n) is 6.36. The predicted molar refractivity (Wildman–Crippen MR) is 62.6 cm³/mol. The molecule has 1 fully saturated rings. The average molecular weight is 209 g/mol. The predicted octanol–water partition coefficient (Wildman–Crippen LogP) is 1.95. The fraction of sp³-hybridized carbons (Fsp3) is 0.846. The van der Waals surface area contributed by atoms with Crippen LogP contribution in [0.25, 0.3) is 0 Å². The topological polar surface area (TPSA) is 32.3 Å². The smallest absolute Gasteiger partial charge is 0.0434 e. The van der Waals surface area contributed by atoms with E-state index in [1.807, 2.05) is 0 Å². The van der Waals surface area contributed by atoms with Crippen molar-refractivity contribution in [3.63, 3.8) is 0 Å². The number of rotatable bonds is 6. The van der Waals surface area contributed by atoms with E-state index in [0.717, 1.165) is 30.8 Å². The number of aliphatic hydroxyl groups is 1. The zero-order chi connectivity index (χ0) is 10.7. The van der Waals surface area contributed by atoms with E-state index in [2.05, 4.69) is 24.4 Å². The van der Waals surface area contributed by atoms with Crippen LogP contribution in [0.2, 0.25) is 0 Å². The highest BCUT2D eigenvalue weighted by molar-refractivity contribution is 5.12. The maximum Gasteiger partial charge on any atom is 0.0434 e. The Bertz CT molecular complexity index is 227. The molecule has 2 rings (SSSR count). The van der Waals surface area contributed by atoms with Crippen LogP contribution in [0.3, 0.4) is 0 Å². The number of fused-ring (bicyclic) bond motifs is 1. The Labute approximate surface area is 92.8 Å². The van der Waals surface area contributed by atoms with Crippen molar-refractivity contribution in [1.82, 2.24) is 5.32 Å². The second-order valence-corrected chi connectivity index (χ2v) is 5.04. The Morgan fingerprint density at radius 3 is 3.07 bits per heavy atom. The Balaban J connectivity index is 1.67. The number of nitrogens with one attached hydrogen (secondary N) is 1. The van der Waals surface area contributed by atoms with E-state index in [1.165, 1.54) is 19.3 Å². The summed E-state index contributed by atoms with van der Waals surface area (Å²) in [7, 11) is 0. The molecule has 86 valence electrons. The molecule has 0 aromatic rings. The third-order valence-corrected chi connectivity index (χ3v) is 4.15. The van der Waals surface area contributed by atoms with Crippen LogP contribution in [0.15, 0.2) is 12.2 Å². The molecule has 0 amide bonds. The molecule has 0 aromatic carbocycles. The summed E-state index contributed by atoms with van der Waals surface area (Å²) in [5, 5.41) is 12.6. The Hall–Kier alpha value is -0.340. The lowest BCUT2D eigenvalue weighted by molar-refractivity contribution is 0.153. The van der Waals surface area contributed by atoms with Gasteiger partial charge in [-0.05, 0) is 43.6 Å². The first-order valence-corrected chi connectivity index (χ1v) is 6.36. The molecule has 4 atom stereocenters. The normalized spacial score (nSPS) is 34.9. The van der Waals surface area contributed by atoms with Gasteiger partial charge in [-0.2, -0.15) is 0 Å². The molecule has 2 aliphatic carbocycles. The SMILES string of the molecule is CCC(CCO)CNC1CC2CC=CC21. The second-order valence-electron chi connectivity index (χ2n) is 5.04. The number of aliphatic hydroxyl groups excluding tert-OH is 1. The van der Waals surface area contributed by atoms with Gasteiger partial charge in [0.15, 0.2) is 0 Å². The van der Waals surface area contributed by atoms with Gasteiger partial charge in [0, 0.05) is 12.6 Å². The van der Waals surface area contributed by atoms with E-state index in [1.54, 1.807) is 0 Å². The van der Waals surface area contributed by atoms with Crippen molar-refractivity contribution >= 4 is 0 Å². The zero-order valence-electron chi connectivity index (χ0n) is 9.65. The molecule has 0 heterocycles. The van der Waals surface area contributed by atoms with Gasteiger partial charge in [-0.15, -0.1) is 0 Å². The molecule has 2 heteroatoms. The molecule has 1 saturated carbocycles. The molecule has 2 N–H and O–H groups in total. The maximum absolute atomic E-state index is 8.92. The monoisotopic (exact) mass is 209 g/mol. The van der Waals surface area contributed by atoms with Crippen molar-refractivity contribution in [2.45, 2.75) is 38.6 Å². The lowest BCUT2D eigenvalue weighted by atomic mass is 9.71. The van der Waals surface area contributed by atoms with Gasteiger partial charge < -0.3 is 10.4 Å². The molecule has 0 saturated heterocycles. The molecule has 15 heavy (non-hydrogen) atoms. The van der Waals surface area contributed by atoms with Crippen LogP contribution in [0.4, 0.5) is 0 Å². The summed E-state index contributed by atoms with van der Waals surface area (Å²) in [6.07, 6.45) is 9.50. The van der Waals surface area contributed by atoms with Gasteiger partial charge in [0.05, 0.1) is 0 Å². The molecule has 0 radical (unpaired) electrons. The van der Waals surface area contributed by atoms with E-state index in [9.17, 15) is 0 Å². The molecule has 0 bridgehead atoms. The molecular weight excluding hydrogens is 186 g/mol. The van der Waals surface area contributed by atoms with E-state index < -0.39 is 0 Å². The maximum atomic E-state index is 8.92. The lowest BCUT2D eigenvalue weighted by Gasteiger charge is -2.41. The van der Waals surface area contributed by atoms with Gasteiger partial charge in [-0.25, -0.2) is 0 Å². The molecule has 2 aliphatic rings. The van der Waals surface area contributed by atoms with Gasteiger partial charge >= 0.3 is 0 Å². The molecule has 4 unspecified atom stereocenters. The van der Waals surface area contributed by atoms with Crippen LogP contribution in [0.5, 0.6) is 0 Å². The summed E-state index contributed by atoms with van der Waals surface area (Å²) in [5.74, 6) is 2.41. The van der Waals surface area contributed by atoms with Gasteiger partial charge in [0.25, 0.3) is 0 Å². The average Bonchev–Trinajstić information content (AvgIpc) is 2.59. The van der Waals surface area contributed by atoms with Crippen LogP contribution in [-0.2, 0) is 0 Å². The molecule has 0 aliphatic heterocycles. The van der Waals surface area contributed by atoms with Gasteiger partial charge in [0.2, 0.25) is 0 Å². The van der Waals surface area contributed by atoms with E-state index >= 15 is 0 Å². The van der Waals surface area contributed by atoms with Gasteiger partial charge in [-0.1, -0.05) is 25.5 Å². The fourth-order valence-corrected chi connectivity index (χ4v) is 2.90. The minimum atomic E-state index is 0.330. The minimum Gasteiger partial charge on any atom is -0.396 e. The number of allylic oxidation sites excluding steroid dienone is 1. The summed E-state index contributed by atoms with van der Waals surface area (Å²) in [4.78, 5) is 0. The quantitative estimate of drug-likeness (QED) is 0.655. The first-order chi connectivity index (χ1) is 7.35. The summed E-state index contributed by atoms with van der Waals surface area (Å²) in [5.41, 5.74) is 0. The molecular formula is C13H23NO. The highest BCUT2D eigenvalue weighted by Crippen LogP contribution is 2.42. The van der Waals surface area contributed by atoms with Gasteiger partial charge in [-0.3, -0.25) is 0 Å². The molecule has 0 spiro atoms. The number of hydrogen-bond acceptors (Lipinski definition) is 2. The summed E-state index contributed by atoms with van der Waals surface area (Å²) in [6, 6.07) is 0.724. The Kier molecular flexibility index (Phi) is 3.81. The Morgan fingerprint density at radius 2 is 2.40 bits per heavy atom. The fourth-order valence-electron chi connectivity index (χ4n) is 2.90. The summed E-state index contributed by atoms with van der Waals surface area (Å²) < 4.78 is 0. The van der Waals surface area contributed by atoms with Crippen LogP contribution in [-0.4, -0.2) is 24.3 Å². The van der Waals surface area contributed by atoms with E-state index in [0.29, 0.717) is 12.5 Å². The van der Waals surface area contributed by atoms with Gasteiger partial charge in [0.1, 0.15) is 0 Å². The highest BCUT2D eigenvalue weighted by atomic mass is 16.3. The lowest BCUT2D eigenvalue weighted by Crippen LogP contribution is -2.49. The van der Waals surface area contributed by atoms with E-state index in [-0.39, 0.29) is 0 Å². The van der Waals surface area contributed by atoms with Crippen molar-refractivity contribution < 1.29 is 5.11 Å². The van der Waals surface area contributed by atoms with Crippen molar-refractivity contribution in [2.75, 3.05) is 13.2 Å².